The molecule has 0 aromatic carbocycles. The lowest BCUT2D eigenvalue weighted by atomic mass is 10.1. The van der Waals surface area contributed by atoms with Gasteiger partial charge in [-0.05, 0) is 31.4 Å². The van der Waals surface area contributed by atoms with Crippen molar-refractivity contribution < 1.29 is 9.90 Å². The van der Waals surface area contributed by atoms with Crippen molar-refractivity contribution in [3.63, 3.8) is 0 Å². The molecule has 0 bridgehead atoms. The Morgan fingerprint density at radius 1 is 1.59 bits per heavy atom. The summed E-state index contributed by atoms with van der Waals surface area (Å²) in [7, 11) is 0. The third-order valence-electron chi connectivity index (χ3n) is 3.04. The molecule has 1 aliphatic rings. The van der Waals surface area contributed by atoms with Gasteiger partial charge in [-0.25, -0.2) is 9.78 Å². The minimum Gasteiger partial charge on any atom is -0.477 e. The fourth-order valence-corrected chi connectivity index (χ4v) is 1.91. The number of pyridine rings is 1. The second kappa shape index (κ2) is 5.27. The Balaban J connectivity index is 1.84. The summed E-state index contributed by atoms with van der Waals surface area (Å²) < 4.78 is 0. The molecule has 17 heavy (non-hydrogen) atoms. The molecule has 1 aliphatic carbocycles. The van der Waals surface area contributed by atoms with Gasteiger partial charge in [0.05, 0.1) is 5.69 Å². The third-order valence-corrected chi connectivity index (χ3v) is 3.04. The second-order valence-corrected chi connectivity index (χ2v) is 4.78. The molecule has 1 fully saturated rings. The van der Waals surface area contributed by atoms with Crippen LogP contribution in [0.2, 0.25) is 0 Å². The fourth-order valence-electron chi connectivity index (χ4n) is 1.91. The maximum absolute atomic E-state index is 10.8. The van der Waals surface area contributed by atoms with E-state index in [1.54, 1.807) is 6.07 Å². The number of nitrogens with one attached hydrogen (secondary N) is 1. The number of hydrogen-bond donors (Lipinski definition) is 2. The molecule has 1 aromatic rings. The SMILES string of the molecule is CC(CC1CC1)NCc1cccc(C(=O)O)n1. The molecule has 4 nitrogen and oxygen atoms in total. The Kier molecular flexibility index (Phi) is 3.74. The van der Waals surface area contributed by atoms with Crippen LogP contribution in [0.15, 0.2) is 18.2 Å². The molecule has 2 rings (SSSR count). The zero-order chi connectivity index (χ0) is 12.3. The van der Waals surface area contributed by atoms with E-state index in [0.29, 0.717) is 12.6 Å². The van der Waals surface area contributed by atoms with Gasteiger partial charge in [0.2, 0.25) is 0 Å². The first-order valence-electron chi connectivity index (χ1n) is 6.08. The van der Waals surface area contributed by atoms with Gasteiger partial charge in [0.15, 0.2) is 0 Å². The van der Waals surface area contributed by atoms with Crippen LogP contribution in [0.25, 0.3) is 0 Å². The summed E-state index contributed by atoms with van der Waals surface area (Å²) in [5.41, 5.74) is 0.895. The molecular weight excluding hydrogens is 216 g/mol. The summed E-state index contributed by atoms with van der Waals surface area (Å²) >= 11 is 0. The molecule has 4 heteroatoms. The first kappa shape index (κ1) is 12.0. The fraction of sp³-hybridized carbons (Fsp3) is 0.538. The number of aromatic nitrogens is 1. The largest absolute Gasteiger partial charge is 0.477 e. The molecule has 1 unspecified atom stereocenters. The summed E-state index contributed by atoms with van der Waals surface area (Å²) in [6.07, 6.45) is 3.93. The molecule has 1 heterocycles. The van der Waals surface area contributed by atoms with E-state index in [1.165, 1.54) is 25.3 Å². The van der Waals surface area contributed by atoms with Gasteiger partial charge in [-0.2, -0.15) is 0 Å². The first-order chi connectivity index (χ1) is 8.15. The Morgan fingerprint density at radius 3 is 3.00 bits per heavy atom. The van der Waals surface area contributed by atoms with Crippen LogP contribution in [0.4, 0.5) is 0 Å². The number of carbonyl (C=O) groups is 1. The monoisotopic (exact) mass is 234 g/mol. The van der Waals surface area contributed by atoms with Crippen molar-refractivity contribution in [2.24, 2.45) is 5.92 Å². The summed E-state index contributed by atoms with van der Waals surface area (Å²) in [6, 6.07) is 5.57. The van der Waals surface area contributed by atoms with Gasteiger partial charge >= 0.3 is 5.97 Å². The van der Waals surface area contributed by atoms with Crippen LogP contribution in [0.3, 0.4) is 0 Å². The van der Waals surface area contributed by atoms with Crippen molar-refractivity contribution in [3.8, 4) is 0 Å². The normalized spacial score (nSPS) is 16.8. The van der Waals surface area contributed by atoms with E-state index in [4.69, 9.17) is 5.11 Å². The van der Waals surface area contributed by atoms with E-state index < -0.39 is 5.97 Å². The highest BCUT2D eigenvalue weighted by molar-refractivity contribution is 5.85. The van der Waals surface area contributed by atoms with Gasteiger partial charge in [-0.3, -0.25) is 0 Å². The molecule has 1 atom stereocenters. The maximum atomic E-state index is 10.8. The number of carboxylic acid groups (broad SMARTS) is 1. The average Bonchev–Trinajstić information content (AvgIpc) is 3.11. The Morgan fingerprint density at radius 2 is 2.35 bits per heavy atom. The van der Waals surface area contributed by atoms with E-state index in [-0.39, 0.29) is 5.69 Å². The van der Waals surface area contributed by atoms with Gasteiger partial charge < -0.3 is 10.4 Å². The van der Waals surface area contributed by atoms with E-state index in [2.05, 4.69) is 17.2 Å². The zero-order valence-electron chi connectivity index (χ0n) is 10.0. The zero-order valence-corrected chi connectivity index (χ0v) is 10.0. The highest BCUT2D eigenvalue weighted by atomic mass is 16.4. The molecule has 0 aliphatic heterocycles. The lowest BCUT2D eigenvalue weighted by molar-refractivity contribution is 0.0690. The summed E-state index contributed by atoms with van der Waals surface area (Å²) in [5, 5.41) is 12.2. The van der Waals surface area contributed by atoms with E-state index in [1.807, 2.05) is 6.07 Å². The predicted octanol–water partition coefficient (Wildman–Crippen LogP) is 2.06. The number of hydrogen-bond acceptors (Lipinski definition) is 3. The van der Waals surface area contributed by atoms with Gasteiger partial charge in [0.1, 0.15) is 5.69 Å². The van der Waals surface area contributed by atoms with E-state index in [9.17, 15) is 4.79 Å². The summed E-state index contributed by atoms with van der Waals surface area (Å²) in [6.45, 7) is 2.80. The Bertz CT molecular complexity index is 402. The molecular formula is C13H18N2O2. The van der Waals surface area contributed by atoms with Crippen molar-refractivity contribution in [2.75, 3.05) is 0 Å². The number of rotatable bonds is 6. The van der Waals surface area contributed by atoms with E-state index >= 15 is 0 Å². The van der Waals surface area contributed by atoms with Gasteiger partial charge in [0.25, 0.3) is 0 Å². The van der Waals surface area contributed by atoms with Crippen molar-refractivity contribution >= 4 is 5.97 Å². The molecule has 0 spiro atoms. The lowest BCUT2D eigenvalue weighted by Crippen LogP contribution is -2.26. The molecule has 92 valence electrons. The van der Waals surface area contributed by atoms with Crippen LogP contribution < -0.4 is 5.32 Å². The standard InChI is InChI=1S/C13H18N2O2/c1-9(7-10-5-6-10)14-8-11-3-2-4-12(15-11)13(16)17/h2-4,9-10,14H,5-8H2,1H3,(H,16,17). The molecule has 0 radical (unpaired) electrons. The molecule has 0 amide bonds. The Labute approximate surface area is 101 Å². The average molecular weight is 234 g/mol. The molecule has 0 saturated heterocycles. The minimum absolute atomic E-state index is 0.110. The summed E-state index contributed by atoms with van der Waals surface area (Å²) in [4.78, 5) is 14.8. The predicted molar refractivity (Wildman–Crippen MR) is 64.8 cm³/mol. The lowest BCUT2D eigenvalue weighted by Gasteiger charge is -2.12. The van der Waals surface area contributed by atoms with Crippen molar-refractivity contribution in [3.05, 3.63) is 29.6 Å². The quantitative estimate of drug-likeness (QED) is 0.791. The second-order valence-electron chi connectivity index (χ2n) is 4.78. The topological polar surface area (TPSA) is 62.2 Å². The van der Waals surface area contributed by atoms with Crippen LogP contribution in [-0.4, -0.2) is 22.1 Å². The van der Waals surface area contributed by atoms with Crippen molar-refractivity contribution in [2.45, 2.75) is 38.8 Å². The van der Waals surface area contributed by atoms with Crippen LogP contribution in [0.1, 0.15) is 42.4 Å². The van der Waals surface area contributed by atoms with Gasteiger partial charge in [-0.1, -0.05) is 18.9 Å². The van der Waals surface area contributed by atoms with Gasteiger partial charge in [-0.15, -0.1) is 0 Å². The van der Waals surface area contributed by atoms with Crippen LogP contribution >= 0.6 is 0 Å². The first-order valence-corrected chi connectivity index (χ1v) is 6.08. The minimum atomic E-state index is -0.974. The summed E-state index contributed by atoms with van der Waals surface area (Å²) in [5.74, 6) is -0.0753. The molecule has 1 aromatic heterocycles. The van der Waals surface area contributed by atoms with Gasteiger partial charge in [0, 0.05) is 12.6 Å². The van der Waals surface area contributed by atoms with E-state index in [0.717, 1.165) is 11.6 Å². The van der Waals surface area contributed by atoms with Crippen LogP contribution in [0, 0.1) is 5.92 Å². The highest BCUT2D eigenvalue weighted by Crippen LogP contribution is 2.33. The third kappa shape index (κ3) is 3.82. The number of aromatic carboxylic acids is 1. The highest BCUT2D eigenvalue weighted by Gasteiger charge is 2.23. The maximum Gasteiger partial charge on any atom is 0.354 e. The molecule has 1 saturated carbocycles. The number of carboxylic acids is 1. The van der Waals surface area contributed by atoms with Crippen molar-refractivity contribution in [1.29, 1.82) is 0 Å². The Hall–Kier alpha value is -1.42. The van der Waals surface area contributed by atoms with Crippen LogP contribution in [-0.2, 0) is 6.54 Å². The number of nitrogens with zero attached hydrogens (tertiary/aromatic N) is 1. The molecule has 2 N–H and O–H groups in total. The smallest absolute Gasteiger partial charge is 0.354 e. The van der Waals surface area contributed by atoms with Crippen molar-refractivity contribution in [1.82, 2.24) is 10.3 Å². The van der Waals surface area contributed by atoms with Crippen LogP contribution in [0.5, 0.6) is 0 Å².